The Balaban J connectivity index is 2.24. The smallest absolute Gasteiger partial charge is 0.373 e. The molecule has 0 aliphatic carbocycles. The maximum atomic E-state index is 11.3. The lowest BCUT2D eigenvalue weighted by Crippen LogP contribution is -2.41. The average Bonchev–Trinajstić information content (AvgIpc) is 2.76. The first-order valence-corrected chi connectivity index (χ1v) is 6.01. The fourth-order valence-electron chi connectivity index (χ4n) is 2.53. The molecule has 1 aliphatic rings. The van der Waals surface area contributed by atoms with E-state index in [4.69, 9.17) is 9.15 Å². The van der Waals surface area contributed by atoms with Gasteiger partial charge in [0.15, 0.2) is 0 Å². The van der Waals surface area contributed by atoms with Crippen LogP contribution in [0.2, 0.25) is 0 Å². The van der Waals surface area contributed by atoms with E-state index in [1.54, 1.807) is 6.07 Å². The van der Waals surface area contributed by atoms with E-state index in [-0.39, 0.29) is 18.0 Å². The van der Waals surface area contributed by atoms with E-state index in [1.807, 2.05) is 13.8 Å². The van der Waals surface area contributed by atoms with Gasteiger partial charge in [-0.2, -0.15) is 0 Å². The third kappa shape index (κ3) is 2.42. The zero-order chi connectivity index (χ0) is 13.3. The second kappa shape index (κ2) is 4.74. The Morgan fingerprint density at radius 2 is 2.00 bits per heavy atom. The highest BCUT2D eigenvalue weighted by molar-refractivity contribution is 5.86. The van der Waals surface area contributed by atoms with Gasteiger partial charge < -0.3 is 19.0 Å². The van der Waals surface area contributed by atoms with Crippen molar-refractivity contribution in [1.82, 2.24) is 0 Å². The standard InChI is InChI=1S/C13H18O5/c1-8-6-13(15,7-9(2)17-8)11-5-4-10(18-11)12(14)16-3/h4-5,8-9,15H,6-7H2,1-3H3. The predicted molar refractivity (Wildman–Crippen MR) is 63.2 cm³/mol. The van der Waals surface area contributed by atoms with Crippen molar-refractivity contribution < 1.29 is 23.8 Å². The number of hydrogen-bond donors (Lipinski definition) is 1. The zero-order valence-corrected chi connectivity index (χ0v) is 10.8. The van der Waals surface area contributed by atoms with E-state index in [2.05, 4.69) is 4.74 Å². The molecule has 18 heavy (non-hydrogen) atoms. The van der Waals surface area contributed by atoms with Crippen molar-refractivity contribution in [1.29, 1.82) is 0 Å². The molecule has 100 valence electrons. The van der Waals surface area contributed by atoms with Crippen LogP contribution in [-0.2, 0) is 15.1 Å². The summed E-state index contributed by atoms with van der Waals surface area (Å²) in [5, 5.41) is 10.6. The molecule has 0 radical (unpaired) electrons. The molecule has 2 atom stereocenters. The molecule has 0 spiro atoms. The molecular weight excluding hydrogens is 236 g/mol. The van der Waals surface area contributed by atoms with Crippen LogP contribution in [0.25, 0.3) is 0 Å². The molecule has 2 unspecified atom stereocenters. The first kappa shape index (κ1) is 13.1. The van der Waals surface area contributed by atoms with Gasteiger partial charge in [0.1, 0.15) is 11.4 Å². The second-order valence-electron chi connectivity index (χ2n) is 4.85. The van der Waals surface area contributed by atoms with Crippen molar-refractivity contribution in [2.24, 2.45) is 0 Å². The molecule has 1 aromatic rings. The Morgan fingerprint density at radius 1 is 1.39 bits per heavy atom. The molecule has 1 saturated heterocycles. The molecule has 0 saturated carbocycles. The minimum Gasteiger partial charge on any atom is -0.463 e. The van der Waals surface area contributed by atoms with Gasteiger partial charge >= 0.3 is 5.97 Å². The molecule has 2 heterocycles. The summed E-state index contributed by atoms with van der Waals surface area (Å²) < 4.78 is 15.6. The fraction of sp³-hybridized carbons (Fsp3) is 0.615. The van der Waals surface area contributed by atoms with Crippen LogP contribution in [0.15, 0.2) is 16.5 Å². The normalized spacial score (nSPS) is 32.2. The van der Waals surface area contributed by atoms with Gasteiger partial charge in [-0.15, -0.1) is 0 Å². The van der Waals surface area contributed by atoms with E-state index in [0.29, 0.717) is 18.6 Å². The van der Waals surface area contributed by atoms with Gasteiger partial charge in [-0.1, -0.05) is 0 Å². The number of carbonyl (C=O) groups is 1. The SMILES string of the molecule is COC(=O)c1ccc(C2(O)CC(C)OC(C)C2)o1. The Bertz CT molecular complexity index is 426. The number of esters is 1. The van der Waals surface area contributed by atoms with Gasteiger partial charge in [-0.05, 0) is 26.0 Å². The second-order valence-corrected chi connectivity index (χ2v) is 4.85. The minimum absolute atomic E-state index is 0.0505. The van der Waals surface area contributed by atoms with Gasteiger partial charge in [0.2, 0.25) is 5.76 Å². The Hall–Kier alpha value is -1.33. The Morgan fingerprint density at radius 3 is 2.56 bits per heavy atom. The highest BCUT2D eigenvalue weighted by Crippen LogP contribution is 2.38. The van der Waals surface area contributed by atoms with E-state index < -0.39 is 11.6 Å². The van der Waals surface area contributed by atoms with Crippen LogP contribution in [0.5, 0.6) is 0 Å². The number of rotatable bonds is 2. The summed E-state index contributed by atoms with van der Waals surface area (Å²) in [5.41, 5.74) is -1.08. The molecule has 5 nitrogen and oxygen atoms in total. The van der Waals surface area contributed by atoms with Crippen molar-refractivity contribution in [2.75, 3.05) is 7.11 Å². The Kier molecular flexibility index (Phi) is 3.45. The first-order valence-electron chi connectivity index (χ1n) is 6.01. The zero-order valence-electron chi connectivity index (χ0n) is 10.8. The fourth-order valence-corrected chi connectivity index (χ4v) is 2.53. The number of aliphatic hydroxyl groups is 1. The van der Waals surface area contributed by atoms with Crippen LogP contribution in [0.3, 0.4) is 0 Å². The molecule has 1 aliphatic heterocycles. The molecule has 5 heteroatoms. The molecule has 1 fully saturated rings. The highest BCUT2D eigenvalue weighted by atomic mass is 16.5. The summed E-state index contributed by atoms with van der Waals surface area (Å²) in [6.45, 7) is 3.82. The number of methoxy groups -OCH3 is 1. The summed E-state index contributed by atoms with van der Waals surface area (Å²) in [5.74, 6) is -0.0457. The van der Waals surface area contributed by atoms with E-state index in [0.717, 1.165) is 0 Å². The number of furan rings is 1. The topological polar surface area (TPSA) is 68.9 Å². The van der Waals surface area contributed by atoms with Crippen molar-refractivity contribution >= 4 is 5.97 Å². The van der Waals surface area contributed by atoms with E-state index in [9.17, 15) is 9.90 Å². The van der Waals surface area contributed by atoms with Crippen LogP contribution in [0.1, 0.15) is 43.0 Å². The molecule has 1 aromatic heterocycles. The van der Waals surface area contributed by atoms with Gasteiger partial charge in [0.05, 0.1) is 19.3 Å². The molecule has 0 bridgehead atoms. The maximum absolute atomic E-state index is 11.3. The van der Waals surface area contributed by atoms with Crippen LogP contribution < -0.4 is 0 Å². The third-order valence-electron chi connectivity index (χ3n) is 3.17. The average molecular weight is 254 g/mol. The largest absolute Gasteiger partial charge is 0.463 e. The van der Waals surface area contributed by atoms with Crippen LogP contribution in [0, 0.1) is 0 Å². The number of hydrogen-bond acceptors (Lipinski definition) is 5. The summed E-state index contributed by atoms with van der Waals surface area (Å²) in [7, 11) is 1.29. The van der Waals surface area contributed by atoms with E-state index in [1.165, 1.54) is 13.2 Å². The molecule has 2 rings (SSSR count). The van der Waals surface area contributed by atoms with Gasteiger partial charge in [-0.25, -0.2) is 4.79 Å². The van der Waals surface area contributed by atoms with Gasteiger partial charge in [0.25, 0.3) is 0 Å². The summed E-state index contributed by atoms with van der Waals surface area (Å²) in [6, 6.07) is 3.14. The van der Waals surface area contributed by atoms with Crippen molar-refractivity contribution in [2.45, 2.75) is 44.5 Å². The number of carbonyl (C=O) groups excluding carboxylic acids is 1. The third-order valence-corrected chi connectivity index (χ3v) is 3.17. The first-order chi connectivity index (χ1) is 8.44. The van der Waals surface area contributed by atoms with Crippen molar-refractivity contribution in [3.8, 4) is 0 Å². The van der Waals surface area contributed by atoms with Crippen LogP contribution >= 0.6 is 0 Å². The molecule has 0 amide bonds. The van der Waals surface area contributed by atoms with Crippen LogP contribution in [0.4, 0.5) is 0 Å². The quantitative estimate of drug-likeness (QED) is 0.815. The Labute approximate surface area is 106 Å². The van der Waals surface area contributed by atoms with Crippen molar-refractivity contribution in [3.63, 3.8) is 0 Å². The van der Waals surface area contributed by atoms with Gasteiger partial charge in [0, 0.05) is 12.8 Å². The number of ether oxygens (including phenoxy) is 2. The lowest BCUT2D eigenvalue weighted by molar-refractivity contribution is -0.143. The summed E-state index contributed by atoms with van der Waals surface area (Å²) >= 11 is 0. The highest BCUT2D eigenvalue weighted by Gasteiger charge is 2.41. The van der Waals surface area contributed by atoms with Crippen LogP contribution in [-0.4, -0.2) is 30.4 Å². The molecule has 0 aromatic carbocycles. The predicted octanol–water partition coefficient (Wildman–Crippen LogP) is 1.84. The van der Waals surface area contributed by atoms with Crippen molar-refractivity contribution in [3.05, 3.63) is 23.7 Å². The van der Waals surface area contributed by atoms with Gasteiger partial charge in [-0.3, -0.25) is 0 Å². The summed E-state index contributed by atoms with van der Waals surface area (Å²) in [6.07, 6.45) is 0.799. The molecule has 1 N–H and O–H groups in total. The lowest BCUT2D eigenvalue weighted by atomic mass is 9.86. The molecular formula is C13H18O5. The monoisotopic (exact) mass is 254 g/mol. The van der Waals surface area contributed by atoms with E-state index >= 15 is 0 Å². The lowest BCUT2D eigenvalue weighted by Gasteiger charge is -2.37. The minimum atomic E-state index is -1.08. The maximum Gasteiger partial charge on any atom is 0.373 e. The summed E-state index contributed by atoms with van der Waals surface area (Å²) in [4.78, 5) is 11.3.